The van der Waals surface area contributed by atoms with Crippen molar-refractivity contribution in [1.82, 2.24) is 4.90 Å². The molecule has 100 valence electrons. The molecule has 0 aliphatic carbocycles. The SMILES string of the molecule is COCCOC(=O)C1CC(C)(C)N(C)C1(C)C. The Kier molecular flexibility index (Phi) is 4.20. The summed E-state index contributed by atoms with van der Waals surface area (Å²) in [4.78, 5) is 14.3. The molecule has 0 saturated carbocycles. The molecule has 0 spiro atoms. The van der Waals surface area contributed by atoms with Crippen molar-refractivity contribution in [3.05, 3.63) is 0 Å². The van der Waals surface area contributed by atoms with Gasteiger partial charge in [0, 0.05) is 18.2 Å². The second-order valence-corrected chi connectivity index (χ2v) is 5.94. The number of hydrogen-bond donors (Lipinski definition) is 0. The molecule has 17 heavy (non-hydrogen) atoms. The minimum absolute atomic E-state index is 0.0362. The van der Waals surface area contributed by atoms with Gasteiger partial charge in [-0.2, -0.15) is 0 Å². The van der Waals surface area contributed by atoms with Gasteiger partial charge in [-0.15, -0.1) is 0 Å². The van der Waals surface area contributed by atoms with E-state index < -0.39 is 0 Å². The molecule has 1 heterocycles. The lowest BCUT2D eigenvalue weighted by Gasteiger charge is -2.37. The van der Waals surface area contributed by atoms with Crippen LogP contribution in [-0.4, -0.2) is 49.3 Å². The summed E-state index contributed by atoms with van der Waals surface area (Å²) in [6.07, 6.45) is 0.836. The number of ether oxygens (including phenoxy) is 2. The Hall–Kier alpha value is -0.610. The van der Waals surface area contributed by atoms with Gasteiger partial charge in [-0.05, 0) is 41.2 Å². The first-order valence-corrected chi connectivity index (χ1v) is 6.13. The van der Waals surface area contributed by atoms with Crippen LogP contribution >= 0.6 is 0 Å². The van der Waals surface area contributed by atoms with E-state index in [4.69, 9.17) is 9.47 Å². The first-order chi connectivity index (χ1) is 7.73. The Labute approximate surface area is 104 Å². The molecule has 0 bridgehead atoms. The largest absolute Gasteiger partial charge is 0.463 e. The maximum atomic E-state index is 12.1. The molecular weight excluding hydrogens is 218 g/mol. The van der Waals surface area contributed by atoms with E-state index >= 15 is 0 Å². The van der Waals surface area contributed by atoms with Gasteiger partial charge in [-0.25, -0.2) is 0 Å². The summed E-state index contributed by atoms with van der Waals surface area (Å²) in [5.41, 5.74) is -0.123. The van der Waals surface area contributed by atoms with Crippen molar-refractivity contribution >= 4 is 5.97 Å². The number of likely N-dealkylation sites (tertiary alicyclic amines) is 1. The predicted octanol–water partition coefficient (Wildman–Crippen LogP) is 1.68. The van der Waals surface area contributed by atoms with E-state index in [1.807, 2.05) is 0 Å². The molecular formula is C13H25NO3. The van der Waals surface area contributed by atoms with Gasteiger partial charge >= 0.3 is 5.97 Å². The number of rotatable bonds is 4. The first-order valence-electron chi connectivity index (χ1n) is 6.13. The fraction of sp³-hybridized carbons (Fsp3) is 0.923. The lowest BCUT2D eigenvalue weighted by molar-refractivity contribution is -0.152. The van der Waals surface area contributed by atoms with Crippen LogP contribution in [0.3, 0.4) is 0 Å². The lowest BCUT2D eigenvalue weighted by Crippen LogP contribution is -2.48. The number of methoxy groups -OCH3 is 1. The second-order valence-electron chi connectivity index (χ2n) is 5.94. The molecule has 1 atom stereocenters. The summed E-state index contributed by atoms with van der Waals surface area (Å²) in [5, 5.41) is 0. The highest BCUT2D eigenvalue weighted by molar-refractivity contribution is 5.74. The first kappa shape index (κ1) is 14.5. The Morgan fingerprint density at radius 1 is 1.29 bits per heavy atom. The molecule has 4 nitrogen and oxygen atoms in total. The molecule has 0 aromatic carbocycles. The minimum Gasteiger partial charge on any atom is -0.463 e. The third-order valence-electron chi connectivity index (χ3n) is 4.15. The molecule has 1 rings (SSSR count). The van der Waals surface area contributed by atoms with E-state index in [-0.39, 0.29) is 23.0 Å². The second kappa shape index (κ2) is 4.94. The van der Waals surface area contributed by atoms with Crippen LogP contribution in [0.4, 0.5) is 0 Å². The van der Waals surface area contributed by atoms with Gasteiger partial charge in [0.05, 0.1) is 12.5 Å². The summed E-state index contributed by atoms with van der Waals surface area (Å²) in [5.74, 6) is -0.177. The van der Waals surface area contributed by atoms with Gasteiger partial charge in [-0.3, -0.25) is 9.69 Å². The highest BCUT2D eigenvalue weighted by Crippen LogP contribution is 2.44. The van der Waals surface area contributed by atoms with Gasteiger partial charge in [0.2, 0.25) is 0 Å². The van der Waals surface area contributed by atoms with Crippen LogP contribution in [0.25, 0.3) is 0 Å². The Morgan fingerprint density at radius 2 is 1.88 bits per heavy atom. The molecule has 1 aliphatic heterocycles. The zero-order valence-electron chi connectivity index (χ0n) is 11.9. The summed E-state index contributed by atoms with van der Waals surface area (Å²) < 4.78 is 10.1. The van der Waals surface area contributed by atoms with E-state index in [1.54, 1.807) is 7.11 Å². The van der Waals surface area contributed by atoms with Crippen molar-refractivity contribution in [2.75, 3.05) is 27.4 Å². The predicted molar refractivity (Wildman–Crippen MR) is 66.9 cm³/mol. The highest BCUT2D eigenvalue weighted by Gasteiger charge is 2.52. The van der Waals surface area contributed by atoms with Crippen molar-refractivity contribution in [3.8, 4) is 0 Å². The number of carbonyl (C=O) groups is 1. The van der Waals surface area contributed by atoms with Crippen LogP contribution in [0.15, 0.2) is 0 Å². The maximum Gasteiger partial charge on any atom is 0.310 e. The van der Waals surface area contributed by atoms with Crippen molar-refractivity contribution < 1.29 is 14.3 Å². The van der Waals surface area contributed by atoms with Crippen molar-refractivity contribution in [1.29, 1.82) is 0 Å². The Morgan fingerprint density at radius 3 is 2.29 bits per heavy atom. The number of esters is 1. The molecule has 1 unspecified atom stereocenters. The molecule has 1 saturated heterocycles. The summed E-state index contributed by atoms with van der Waals surface area (Å²) in [7, 11) is 3.67. The smallest absolute Gasteiger partial charge is 0.310 e. The molecule has 0 N–H and O–H groups in total. The Bertz CT molecular complexity index is 286. The maximum absolute atomic E-state index is 12.1. The van der Waals surface area contributed by atoms with Crippen LogP contribution in [0, 0.1) is 5.92 Å². The topological polar surface area (TPSA) is 38.8 Å². The molecule has 0 amide bonds. The summed E-state index contributed by atoms with van der Waals surface area (Å²) in [6.45, 7) is 9.33. The third kappa shape index (κ3) is 2.80. The van der Waals surface area contributed by atoms with Crippen LogP contribution in [0.2, 0.25) is 0 Å². The highest BCUT2D eigenvalue weighted by atomic mass is 16.6. The van der Waals surface area contributed by atoms with Crippen LogP contribution in [-0.2, 0) is 14.3 Å². The van der Waals surface area contributed by atoms with E-state index in [2.05, 4.69) is 39.6 Å². The molecule has 0 radical (unpaired) electrons. The van der Waals surface area contributed by atoms with E-state index in [1.165, 1.54) is 0 Å². The fourth-order valence-electron chi connectivity index (χ4n) is 2.60. The van der Waals surface area contributed by atoms with Gasteiger partial charge in [-0.1, -0.05) is 0 Å². The van der Waals surface area contributed by atoms with E-state index in [0.29, 0.717) is 13.2 Å². The summed E-state index contributed by atoms with van der Waals surface area (Å²) in [6, 6.07) is 0. The van der Waals surface area contributed by atoms with Crippen molar-refractivity contribution in [3.63, 3.8) is 0 Å². The van der Waals surface area contributed by atoms with Crippen LogP contribution in [0.5, 0.6) is 0 Å². The lowest BCUT2D eigenvalue weighted by atomic mass is 9.87. The van der Waals surface area contributed by atoms with E-state index in [0.717, 1.165) is 6.42 Å². The van der Waals surface area contributed by atoms with Crippen LogP contribution < -0.4 is 0 Å². The zero-order valence-corrected chi connectivity index (χ0v) is 11.9. The average molecular weight is 243 g/mol. The monoisotopic (exact) mass is 243 g/mol. The third-order valence-corrected chi connectivity index (χ3v) is 4.15. The van der Waals surface area contributed by atoms with Crippen molar-refractivity contribution in [2.24, 2.45) is 5.92 Å². The molecule has 0 aromatic heterocycles. The summed E-state index contributed by atoms with van der Waals surface area (Å²) >= 11 is 0. The number of carbonyl (C=O) groups excluding carboxylic acids is 1. The molecule has 1 aliphatic rings. The molecule has 4 heteroatoms. The van der Waals surface area contributed by atoms with Crippen molar-refractivity contribution in [2.45, 2.75) is 45.2 Å². The van der Waals surface area contributed by atoms with Gasteiger partial charge in [0.15, 0.2) is 0 Å². The van der Waals surface area contributed by atoms with Gasteiger partial charge in [0.25, 0.3) is 0 Å². The fourth-order valence-corrected chi connectivity index (χ4v) is 2.60. The standard InChI is InChI=1S/C13H25NO3/c1-12(2)9-10(13(3,4)14(12)5)11(15)17-8-7-16-6/h10H,7-9H2,1-6H3. The quantitative estimate of drug-likeness (QED) is 0.556. The average Bonchev–Trinajstić information content (AvgIpc) is 2.39. The number of hydrogen-bond acceptors (Lipinski definition) is 4. The Balaban J connectivity index is 2.68. The zero-order chi connectivity index (χ0) is 13.3. The minimum atomic E-state index is -0.159. The normalized spacial score (nSPS) is 27.1. The van der Waals surface area contributed by atoms with Gasteiger partial charge < -0.3 is 9.47 Å². The molecule has 1 fully saturated rings. The van der Waals surface area contributed by atoms with E-state index in [9.17, 15) is 4.79 Å². The molecule has 0 aromatic rings. The van der Waals surface area contributed by atoms with Gasteiger partial charge in [0.1, 0.15) is 6.61 Å². The number of nitrogens with zero attached hydrogens (tertiary/aromatic N) is 1. The van der Waals surface area contributed by atoms with Crippen LogP contribution in [0.1, 0.15) is 34.1 Å².